The Kier molecular flexibility index (Phi) is 3.57. The maximum atomic E-state index is 2.32. The van der Waals surface area contributed by atoms with Crippen LogP contribution in [0, 0.1) is 6.92 Å². The van der Waals surface area contributed by atoms with Crippen molar-refractivity contribution < 1.29 is 4.57 Å². The van der Waals surface area contributed by atoms with Gasteiger partial charge in [-0.05, 0) is 47.4 Å². The number of benzene rings is 3. The molecule has 3 aromatic carbocycles. The first-order valence-electron chi connectivity index (χ1n) is 8.59. The summed E-state index contributed by atoms with van der Waals surface area (Å²) < 4.78 is 2.32. The van der Waals surface area contributed by atoms with Crippen LogP contribution in [0.2, 0.25) is 0 Å². The van der Waals surface area contributed by atoms with Gasteiger partial charge in [0, 0.05) is 17.5 Å². The smallest absolute Gasteiger partial charge is 0.194 e. The van der Waals surface area contributed by atoms with Crippen LogP contribution in [0.1, 0.15) is 18.1 Å². The molecule has 0 aliphatic heterocycles. The lowest BCUT2D eigenvalue weighted by molar-refractivity contribution is -0.633. The van der Waals surface area contributed by atoms with E-state index < -0.39 is 0 Å². The normalized spacial score (nSPS) is 11.3. The fourth-order valence-corrected chi connectivity index (χ4v) is 3.64. The predicted octanol–water partition coefficient (Wildman–Crippen LogP) is 5.36. The van der Waals surface area contributed by atoms with Crippen molar-refractivity contribution in [2.75, 3.05) is 0 Å². The van der Waals surface area contributed by atoms with Crippen LogP contribution in [0.3, 0.4) is 0 Å². The van der Waals surface area contributed by atoms with Gasteiger partial charge in [0.15, 0.2) is 0 Å². The summed E-state index contributed by atoms with van der Waals surface area (Å²) in [4.78, 5) is 0. The van der Waals surface area contributed by atoms with Crippen molar-refractivity contribution in [3.8, 4) is 11.3 Å². The van der Waals surface area contributed by atoms with Crippen molar-refractivity contribution in [3.05, 3.63) is 77.9 Å². The highest BCUT2D eigenvalue weighted by molar-refractivity contribution is 5.97. The molecule has 1 heteroatoms. The van der Waals surface area contributed by atoms with E-state index in [9.17, 15) is 0 Å². The summed E-state index contributed by atoms with van der Waals surface area (Å²) in [6.45, 7) is 4.40. The highest BCUT2D eigenvalue weighted by Crippen LogP contribution is 2.31. The fraction of sp³-hybridized carbons (Fsp3) is 0.174. The number of hydrogen-bond donors (Lipinski definition) is 0. The third-order valence-corrected chi connectivity index (χ3v) is 5.04. The lowest BCUT2D eigenvalue weighted by atomic mass is 9.96. The number of aryl methyl sites for hydroxylation is 3. The molecule has 0 aliphatic carbocycles. The minimum Gasteiger partial charge on any atom is -0.194 e. The van der Waals surface area contributed by atoms with E-state index in [1.165, 1.54) is 44.1 Å². The maximum Gasteiger partial charge on any atom is 0.213 e. The first kappa shape index (κ1) is 14.9. The van der Waals surface area contributed by atoms with Crippen LogP contribution in [-0.4, -0.2) is 0 Å². The number of nitrogens with zero attached hydrogens (tertiary/aromatic N) is 1. The molecule has 0 unspecified atom stereocenters. The predicted molar refractivity (Wildman–Crippen MR) is 102 cm³/mol. The van der Waals surface area contributed by atoms with Crippen molar-refractivity contribution in [3.63, 3.8) is 0 Å². The van der Waals surface area contributed by atoms with Gasteiger partial charge in [-0.2, -0.15) is 4.57 Å². The van der Waals surface area contributed by atoms with Crippen LogP contribution >= 0.6 is 0 Å². The molecule has 1 heterocycles. The van der Waals surface area contributed by atoms with E-state index in [1.54, 1.807) is 0 Å². The Morgan fingerprint density at radius 3 is 2.46 bits per heavy atom. The van der Waals surface area contributed by atoms with Crippen LogP contribution in [0.25, 0.3) is 32.9 Å². The summed E-state index contributed by atoms with van der Waals surface area (Å²) >= 11 is 0. The van der Waals surface area contributed by atoms with Gasteiger partial charge in [-0.1, -0.05) is 49.4 Å². The van der Waals surface area contributed by atoms with E-state index in [0.717, 1.165) is 6.42 Å². The van der Waals surface area contributed by atoms with Crippen molar-refractivity contribution in [1.82, 2.24) is 0 Å². The average molecular weight is 312 g/mol. The molecule has 1 aromatic heterocycles. The zero-order chi connectivity index (χ0) is 16.7. The molecule has 0 aliphatic rings. The van der Waals surface area contributed by atoms with Crippen molar-refractivity contribution in [2.45, 2.75) is 20.3 Å². The van der Waals surface area contributed by atoms with Gasteiger partial charge in [0.1, 0.15) is 7.05 Å². The summed E-state index contributed by atoms with van der Waals surface area (Å²) in [6, 6.07) is 24.4. The molecule has 0 radical (unpaired) electrons. The summed E-state index contributed by atoms with van der Waals surface area (Å²) in [6.07, 6.45) is 1.07. The molecule has 0 bridgehead atoms. The van der Waals surface area contributed by atoms with Crippen LogP contribution in [0.15, 0.2) is 66.7 Å². The van der Waals surface area contributed by atoms with E-state index in [4.69, 9.17) is 0 Å². The second kappa shape index (κ2) is 5.76. The van der Waals surface area contributed by atoms with E-state index in [-0.39, 0.29) is 0 Å². The molecular formula is C23H22N+. The van der Waals surface area contributed by atoms with Gasteiger partial charge in [-0.15, -0.1) is 0 Å². The number of fused-ring (bicyclic) bond motifs is 2. The Labute approximate surface area is 143 Å². The van der Waals surface area contributed by atoms with E-state index >= 15 is 0 Å². The van der Waals surface area contributed by atoms with Crippen molar-refractivity contribution in [1.29, 1.82) is 0 Å². The Hall–Kier alpha value is -2.67. The molecule has 1 nitrogen and oxygen atoms in total. The third kappa shape index (κ3) is 2.28. The van der Waals surface area contributed by atoms with Crippen LogP contribution < -0.4 is 4.57 Å². The zero-order valence-corrected chi connectivity index (χ0v) is 14.5. The van der Waals surface area contributed by atoms with E-state index in [0.29, 0.717) is 0 Å². The SMILES string of the molecule is CCc1ccc2c(ccc(-c3c(C)ccc4ccccc34)[n+]2C)c1. The van der Waals surface area contributed by atoms with Gasteiger partial charge in [-0.25, -0.2) is 0 Å². The standard InChI is InChI=1S/C23H22N/c1-4-17-10-13-21-19(15-17)12-14-22(24(21)3)23-16(2)9-11-18-7-5-6-8-20(18)23/h5-15H,4H2,1-3H3/q+1. The van der Waals surface area contributed by atoms with Gasteiger partial charge >= 0.3 is 0 Å². The Morgan fingerprint density at radius 2 is 1.62 bits per heavy atom. The molecule has 0 saturated carbocycles. The molecule has 0 saturated heterocycles. The molecule has 0 amide bonds. The number of rotatable bonds is 2. The van der Waals surface area contributed by atoms with Gasteiger partial charge in [0.2, 0.25) is 11.2 Å². The van der Waals surface area contributed by atoms with Crippen LogP contribution in [0.5, 0.6) is 0 Å². The van der Waals surface area contributed by atoms with Gasteiger partial charge in [0.25, 0.3) is 0 Å². The lowest BCUT2D eigenvalue weighted by Gasteiger charge is -2.10. The van der Waals surface area contributed by atoms with Crippen LogP contribution in [0.4, 0.5) is 0 Å². The highest BCUT2D eigenvalue weighted by Gasteiger charge is 2.18. The monoisotopic (exact) mass is 312 g/mol. The minimum absolute atomic E-state index is 1.07. The quantitative estimate of drug-likeness (QED) is 0.439. The summed E-state index contributed by atoms with van der Waals surface area (Å²) in [5.74, 6) is 0. The van der Waals surface area contributed by atoms with Gasteiger partial charge in [-0.3, -0.25) is 0 Å². The van der Waals surface area contributed by atoms with Crippen LogP contribution in [-0.2, 0) is 13.5 Å². The third-order valence-electron chi connectivity index (χ3n) is 5.04. The second-order valence-electron chi connectivity index (χ2n) is 6.50. The molecule has 24 heavy (non-hydrogen) atoms. The molecule has 0 fully saturated rings. The fourth-order valence-electron chi connectivity index (χ4n) is 3.64. The van der Waals surface area contributed by atoms with Gasteiger partial charge in [0.05, 0.1) is 5.56 Å². The first-order chi connectivity index (χ1) is 11.7. The van der Waals surface area contributed by atoms with Crippen molar-refractivity contribution in [2.24, 2.45) is 7.05 Å². The zero-order valence-electron chi connectivity index (χ0n) is 14.5. The topological polar surface area (TPSA) is 3.88 Å². The van der Waals surface area contributed by atoms with Gasteiger partial charge < -0.3 is 0 Å². The molecule has 4 aromatic rings. The van der Waals surface area contributed by atoms with E-state index in [2.05, 4.69) is 92.2 Å². The second-order valence-corrected chi connectivity index (χ2v) is 6.50. The Morgan fingerprint density at radius 1 is 0.833 bits per heavy atom. The number of aromatic nitrogens is 1. The number of hydrogen-bond acceptors (Lipinski definition) is 0. The largest absolute Gasteiger partial charge is 0.213 e. The summed E-state index contributed by atoms with van der Waals surface area (Å²) in [5, 5.41) is 3.91. The van der Waals surface area contributed by atoms with Crippen molar-refractivity contribution >= 4 is 21.7 Å². The Bertz CT molecular complexity index is 1060. The minimum atomic E-state index is 1.07. The average Bonchev–Trinajstić information content (AvgIpc) is 2.62. The lowest BCUT2D eigenvalue weighted by Crippen LogP contribution is -2.32. The molecule has 0 N–H and O–H groups in total. The van der Waals surface area contributed by atoms with E-state index in [1.807, 2.05) is 0 Å². The summed E-state index contributed by atoms with van der Waals surface area (Å²) in [5.41, 5.74) is 6.57. The maximum absolute atomic E-state index is 2.32. The molecular weight excluding hydrogens is 290 g/mol. The first-order valence-corrected chi connectivity index (χ1v) is 8.59. The highest BCUT2D eigenvalue weighted by atomic mass is 14.9. The number of pyridine rings is 1. The summed E-state index contributed by atoms with van der Waals surface area (Å²) in [7, 11) is 2.17. The molecule has 0 atom stereocenters. The Balaban J connectivity index is 2.04. The molecule has 0 spiro atoms. The molecule has 118 valence electrons. The molecule has 4 rings (SSSR count).